The van der Waals surface area contributed by atoms with Gasteiger partial charge < -0.3 is 4.74 Å². The summed E-state index contributed by atoms with van der Waals surface area (Å²) in [7, 11) is 0. The highest BCUT2D eigenvalue weighted by Gasteiger charge is 2.18. The van der Waals surface area contributed by atoms with E-state index in [0.29, 0.717) is 11.6 Å². The van der Waals surface area contributed by atoms with Gasteiger partial charge in [-0.1, -0.05) is 11.6 Å². The first-order chi connectivity index (χ1) is 7.52. The van der Waals surface area contributed by atoms with E-state index in [1.165, 1.54) is 0 Å². The molecular formula is C12H13ClINO. The minimum atomic E-state index is -0.215. The van der Waals surface area contributed by atoms with Gasteiger partial charge in [-0.2, -0.15) is 5.26 Å². The van der Waals surface area contributed by atoms with E-state index < -0.39 is 0 Å². The first kappa shape index (κ1) is 13.6. The summed E-state index contributed by atoms with van der Waals surface area (Å²) in [6.07, 6.45) is 0. The van der Waals surface area contributed by atoms with Crippen LogP contribution < -0.4 is 4.74 Å². The zero-order valence-corrected chi connectivity index (χ0v) is 12.4. The van der Waals surface area contributed by atoms with Gasteiger partial charge in [0.05, 0.1) is 22.2 Å². The second kappa shape index (κ2) is 5.74. The maximum Gasteiger partial charge on any atom is 0.137 e. The summed E-state index contributed by atoms with van der Waals surface area (Å²) in [4.78, 5) is 0. The van der Waals surface area contributed by atoms with Crippen molar-refractivity contribution in [3.05, 3.63) is 25.8 Å². The van der Waals surface area contributed by atoms with Crippen molar-refractivity contribution < 1.29 is 4.74 Å². The van der Waals surface area contributed by atoms with Crippen LogP contribution in [0.4, 0.5) is 0 Å². The first-order valence-corrected chi connectivity index (χ1v) is 6.49. The molecule has 0 saturated carbocycles. The Hall–Kier alpha value is -0.470. The molecule has 1 rings (SSSR count). The largest absolute Gasteiger partial charge is 0.492 e. The zero-order valence-electron chi connectivity index (χ0n) is 9.47. The number of benzene rings is 1. The van der Waals surface area contributed by atoms with Crippen LogP contribution in [0, 0.1) is 21.8 Å². The summed E-state index contributed by atoms with van der Waals surface area (Å²) in [5.41, 5.74) is 1.86. The standard InChI is InChI=1S/C12H13ClINO/c1-4-16-12-9(7(2)6-15)5-10(13)8(3)11(12)14/h5,7H,4H2,1-3H3. The highest BCUT2D eigenvalue weighted by atomic mass is 127. The lowest BCUT2D eigenvalue weighted by atomic mass is 10.00. The normalized spacial score (nSPS) is 12.0. The number of nitriles is 1. The SMILES string of the molecule is CCOc1c(C(C)C#N)cc(Cl)c(C)c1I. The minimum Gasteiger partial charge on any atom is -0.492 e. The fourth-order valence-corrected chi connectivity index (χ4v) is 2.52. The van der Waals surface area contributed by atoms with E-state index in [-0.39, 0.29) is 5.92 Å². The van der Waals surface area contributed by atoms with Crippen LogP contribution in [0.3, 0.4) is 0 Å². The van der Waals surface area contributed by atoms with Gasteiger partial charge in [0.25, 0.3) is 0 Å². The number of hydrogen-bond acceptors (Lipinski definition) is 2. The lowest BCUT2D eigenvalue weighted by Crippen LogP contribution is -2.03. The molecule has 0 amide bonds. The Bertz CT molecular complexity index is 440. The molecule has 0 fully saturated rings. The monoisotopic (exact) mass is 349 g/mol. The van der Waals surface area contributed by atoms with Gasteiger partial charge in [-0.3, -0.25) is 0 Å². The van der Waals surface area contributed by atoms with Crippen molar-refractivity contribution in [3.8, 4) is 11.8 Å². The van der Waals surface area contributed by atoms with E-state index >= 15 is 0 Å². The third-order valence-electron chi connectivity index (χ3n) is 2.38. The smallest absolute Gasteiger partial charge is 0.137 e. The van der Waals surface area contributed by atoms with E-state index in [1.54, 1.807) is 0 Å². The quantitative estimate of drug-likeness (QED) is 0.763. The lowest BCUT2D eigenvalue weighted by Gasteiger charge is -2.16. The first-order valence-electron chi connectivity index (χ1n) is 5.03. The van der Waals surface area contributed by atoms with Crippen molar-refractivity contribution in [3.63, 3.8) is 0 Å². The highest BCUT2D eigenvalue weighted by Crippen LogP contribution is 2.37. The molecule has 0 aliphatic rings. The summed E-state index contributed by atoms with van der Waals surface area (Å²) >= 11 is 8.33. The van der Waals surface area contributed by atoms with E-state index in [0.717, 1.165) is 20.4 Å². The number of rotatable bonds is 3. The molecule has 0 N–H and O–H groups in total. The van der Waals surface area contributed by atoms with Gasteiger partial charge in [-0.15, -0.1) is 0 Å². The van der Waals surface area contributed by atoms with E-state index in [1.807, 2.05) is 26.8 Å². The fraction of sp³-hybridized carbons (Fsp3) is 0.417. The van der Waals surface area contributed by atoms with Gasteiger partial charge in [0, 0.05) is 10.6 Å². The van der Waals surface area contributed by atoms with Gasteiger partial charge in [-0.25, -0.2) is 0 Å². The number of ether oxygens (including phenoxy) is 1. The topological polar surface area (TPSA) is 33.0 Å². The maximum atomic E-state index is 8.98. The molecule has 0 aliphatic heterocycles. The molecule has 16 heavy (non-hydrogen) atoms. The van der Waals surface area contributed by atoms with Gasteiger partial charge in [0.15, 0.2) is 0 Å². The summed E-state index contributed by atoms with van der Waals surface area (Å²) in [5.74, 6) is 0.576. The molecule has 1 atom stereocenters. The molecule has 1 aromatic rings. The summed E-state index contributed by atoms with van der Waals surface area (Å²) in [6.45, 7) is 6.32. The van der Waals surface area contributed by atoms with Crippen molar-refractivity contribution >= 4 is 34.2 Å². The van der Waals surface area contributed by atoms with Gasteiger partial charge >= 0.3 is 0 Å². The molecule has 0 aliphatic carbocycles. The average Bonchev–Trinajstić information content (AvgIpc) is 2.28. The number of nitrogens with zero attached hydrogens (tertiary/aromatic N) is 1. The predicted octanol–water partition coefficient (Wildman–Crippen LogP) is 4.28. The van der Waals surface area contributed by atoms with Crippen molar-refractivity contribution in [2.75, 3.05) is 6.61 Å². The van der Waals surface area contributed by atoms with Gasteiger partial charge in [-0.05, 0) is 55.0 Å². The van der Waals surface area contributed by atoms with Crippen molar-refractivity contribution in [2.45, 2.75) is 26.7 Å². The highest BCUT2D eigenvalue weighted by molar-refractivity contribution is 14.1. The van der Waals surface area contributed by atoms with Crippen LogP contribution >= 0.6 is 34.2 Å². The van der Waals surface area contributed by atoms with Crippen molar-refractivity contribution in [1.82, 2.24) is 0 Å². The van der Waals surface area contributed by atoms with Crippen LogP contribution in [-0.2, 0) is 0 Å². The third-order valence-corrected chi connectivity index (χ3v) is 4.07. The Kier molecular flexibility index (Phi) is 4.88. The van der Waals surface area contributed by atoms with Crippen molar-refractivity contribution in [1.29, 1.82) is 5.26 Å². The summed E-state index contributed by atoms with van der Waals surface area (Å²) in [6, 6.07) is 4.04. The number of hydrogen-bond donors (Lipinski definition) is 0. The second-order valence-corrected chi connectivity index (χ2v) is 4.99. The molecular weight excluding hydrogens is 336 g/mol. The molecule has 0 spiro atoms. The summed E-state index contributed by atoms with van der Waals surface area (Å²) < 4.78 is 6.60. The molecule has 1 aromatic carbocycles. The molecule has 0 heterocycles. The minimum absolute atomic E-state index is 0.215. The van der Waals surface area contributed by atoms with Crippen molar-refractivity contribution in [2.24, 2.45) is 0 Å². The molecule has 1 unspecified atom stereocenters. The van der Waals surface area contributed by atoms with Crippen LogP contribution in [0.15, 0.2) is 6.07 Å². The van der Waals surface area contributed by atoms with E-state index in [9.17, 15) is 0 Å². The Morgan fingerprint density at radius 2 is 2.25 bits per heavy atom. The van der Waals surface area contributed by atoms with Crippen LogP contribution in [0.1, 0.15) is 30.9 Å². The van der Waals surface area contributed by atoms with E-state index in [2.05, 4.69) is 28.7 Å². The Morgan fingerprint density at radius 1 is 1.62 bits per heavy atom. The maximum absolute atomic E-state index is 8.98. The van der Waals surface area contributed by atoms with E-state index in [4.69, 9.17) is 21.6 Å². The number of halogens is 2. The van der Waals surface area contributed by atoms with Crippen LogP contribution in [0.5, 0.6) is 5.75 Å². The van der Waals surface area contributed by atoms with Crippen LogP contribution in [0.25, 0.3) is 0 Å². The Balaban J connectivity index is 3.41. The zero-order chi connectivity index (χ0) is 12.3. The second-order valence-electron chi connectivity index (χ2n) is 3.50. The fourth-order valence-electron chi connectivity index (χ4n) is 1.39. The van der Waals surface area contributed by atoms with Crippen LogP contribution in [0.2, 0.25) is 5.02 Å². The van der Waals surface area contributed by atoms with Gasteiger partial charge in [0.1, 0.15) is 5.75 Å². The van der Waals surface area contributed by atoms with Crippen LogP contribution in [-0.4, -0.2) is 6.61 Å². The molecule has 4 heteroatoms. The van der Waals surface area contributed by atoms with Gasteiger partial charge in [0.2, 0.25) is 0 Å². The molecule has 2 nitrogen and oxygen atoms in total. The molecule has 86 valence electrons. The lowest BCUT2D eigenvalue weighted by molar-refractivity contribution is 0.333. The summed E-state index contributed by atoms with van der Waals surface area (Å²) in [5, 5.41) is 9.67. The predicted molar refractivity (Wildman–Crippen MR) is 74.1 cm³/mol. The third kappa shape index (κ3) is 2.61. The molecule has 0 aromatic heterocycles. The average molecular weight is 350 g/mol. The molecule has 0 radical (unpaired) electrons. The Labute approximate surface area is 115 Å². The molecule has 0 saturated heterocycles. The Morgan fingerprint density at radius 3 is 2.75 bits per heavy atom. The molecule has 0 bridgehead atoms.